The van der Waals surface area contributed by atoms with Crippen LogP contribution in [0.4, 0.5) is 0 Å². The fraction of sp³-hybridized carbons (Fsp3) is 0. The van der Waals surface area contributed by atoms with Gasteiger partial charge in [-0.05, 0) is 44.5 Å². The zero-order chi connectivity index (χ0) is 20.5. The molecule has 0 saturated carbocycles. The van der Waals surface area contributed by atoms with Gasteiger partial charge in [-0.15, -0.1) is 0 Å². The first-order valence-corrected chi connectivity index (χ1v) is 11.7. The van der Waals surface area contributed by atoms with Crippen LogP contribution >= 0.6 is 0 Å². The van der Waals surface area contributed by atoms with Crippen LogP contribution in [0.3, 0.4) is 0 Å². The average molecular weight is 412 g/mol. The van der Waals surface area contributed by atoms with Gasteiger partial charge in [0.15, 0.2) is 0 Å². The first-order chi connectivity index (χ1) is 15.3. The summed E-state index contributed by atoms with van der Waals surface area (Å²) in [5.41, 5.74) is 3.61. The van der Waals surface area contributed by atoms with Crippen molar-refractivity contribution in [3.63, 3.8) is 0 Å². The molecular weight excluding hydrogens is 395 g/mol. The third kappa shape index (κ3) is 2.30. The summed E-state index contributed by atoms with van der Waals surface area (Å²) < 4.78 is 14.0. The first-order valence-electron chi connectivity index (χ1n) is 10.6. The predicted octanol–water partition coefficient (Wildman–Crippen LogP) is 4.58. The van der Waals surface area contributed by atoms with Crippen LogP contribution in [-0.4, -0.2) is 10.9 Å². The molecule has 0 saturated heterocycles. The number of hydrogen-bond acceptors (Lipinski definition) is 1. The molecule has 1 atom stereocenters. The van der Waals surface area contributed by atoms with E-state index in [-0.39, 0.29) is 6.71 Å². The molecule has 1 unspecified atom stereocenters. The Hall–Kier alpha value is -3.43. The van der Waals surface area contributed by atoms with Crippen LogP contribution in [0, 0.1) is 0 Å². The fourth-order valence-electron chi connectivity index (χ4n) is 5.40. The quantitative estimate of drug-likeness (QED) is 0.285. The van der Waals surface area contributed by atoms with Gasteiger partial charge in [0.05, 0.1) is 15.7 Å². The lowest BCUT2D eigenvalue weighted by Gasteiger charge is -2.19. The minimum absolute atomic E-state index is 0.0483. The second-order valence-electron chi connectivity index (χ2n) is 8.30. The van der Waals surface area contributed by atoms with Gasteiger partial charge >= 0.3 is 0 Å². The average Bonchev–Trinajstić information content (AvgIpc) is 2.93. The molecule has 144 valence electrons. The summed E-state index contributed by atoms with van der Waals surface area (Å²) in [5.74, 6) is 0. The normalized spacial score (nSPS) is 15.5. The molecule has 7 rings (SSSR count). The summed E-state index contributed by atoms with van der Waals surface area (Å²) in [6.45, 7) is 0.0483. The number of rotatable bonds is 1. The van der Waals surface area contributed by atoms with Gasteiger partial charge in [0, 0.05) is 4.90 Å². The molecule has 1 aliphatic heterocycles. The van der Waals surface area contributed by atoms with Crippen LogP contribution in [-0.2, 0) is 10.8 Å². The molecule has 1 heterocycles. The van der Waals surface area contributed by atoms with Gasteiger partial charge in [0.25, 0.3) is 0 Å². The van der Waals surface area contributed by atoms with E-state index in [0.717, 1.165) is 26.0 Å². The van der Waals surface area contributed by atoms with E-state index in [1.54, 1.807) is 0 Å². The minimum Gasteiger partial charge on any atom is -0.249 e. The molecule has 1 nitrogen and oxygen atoms in total. The second kappa shape index (κ2) is 6.29. The highest BCUT2D eigenvalue weighted by atomic mass is 32.2. The Bertz CT molecular complexity index is 1660. The predicted molar refractivity (Wildman–Crippen MR) is 132 cm³/mol. The van der Waals surface area contributed by atoms with Crippen molar-refractivity contribution in [3.05, 3.63) is 103 Å². The van der Waals surface area contributed by atoms with Crippen LogP contribution in [0.2, 0.25) is 0 Å². The van der Waals surface area contributed by atoms with Crippen molar-refractivity contribution < 1.29 is 4.21 Å². The molecule has 0 amide bonds. The fourth-order valence-corrected chi connectivity index (χ4v) is 6.88. The van der Waals surface area contributed by atoms with E-state index in [1.165, 1.54) is 32.5 Å². The van der Waals surface area contributed by atoms with Gasteiger partial charge in [0.2, 0.25) is 6.71 Å². The Morgan fingerprint density at radius 2 is 1.23 bits per heavy atom. The summed E-state index contributed by atoms with van der Waals surface area (Å²) in [6.07, 6.45) is 0. The highest BCUT2D eigenvalue weighted by Crippen LogP contribution is 2.38. The maximum Gasteiger partial charge on any atom is 0.243 e. The molecule has 0 aromatic heterocycles. The highest BCUT2D eigenvalue weighted by molar-refractivity contribution is 7.85. The first kappa shape index (κ1) is 17.3. The van der Waals surface area contributed by atoms with Crippen LogP contribution in [0.1, 0.15) is 0 Å². The van der Waals surface area contributed by atoms with E-state index in [9.17, 15) is 4.21 Å². The van der Waals surface area contributed by atoms with E-state index in [2.05, 4.69) is 91.0 Å². The van der Waals surface area contributed by atoms with Crippen molar-refractivity contribution in [1.29, 1.82) is 0 Å². The van der Waals surface area contributed by atoms with Gasteiger partial charge in [0.1, 0.15) is 0 Å². The Labute approximate surface area is 183 Å². The molecule has 3 heteroatoms. The Balaban J connectivity index is 1.75. The third-order valence-corrected chi connectivity index (χ3v) is 8.19. The standard InChI is InChI=1S/C28H17BOS/c30-31-24-12-5-4-11-22(24)29(21-9-2-1-3-10-21)23-16-15-19-14-13-18-7-6-8-20-17-25(31)28(23)27(19)26(18)20/h1-17H. The summed E-state index contributed by atoms with van der Waals surface area (Å²) in [4.78, 5) is 1.84. The van der Waals surface area contributed by atoms with Crippen LogP contribution < -0.4 is 16.4 Å². The SMILES string of the molecule is O=S1c2ccccc2B(c2ccccc2)c2ccc3ccc4cccc5cc1c2c3c45. The number of fused-ring (bicyclic) bond motifs is 1. The van der Waals surface area contributed by atoms with Crippen molar-refractivity contribution in [3.8, 4) is 0 Å². The minimum atomic E-state index is -1.25. The Morgan fingerprint density at radius 3 is 2.10 bits per heavy atom. The van der Waals surface area contributed by atoms with Crippen molar-refractivity contribution in [2.24, 2.45) is 0 Å². The van der Waals surface area contributed by atoms with Crippen molar-refractivity contribution in [2.45, 2.75) is 9.79 Å². The van der Waals surface area contributed by atoms with E-state index < -0.39 is 10.8 Å². The van der Waals surface area contributed by atoms with Crippen molar-refractivity contribution in [1.82, 2.24) is 0 Å². The largest absolute Gasteiger partial charge is 0.249 e. The van der Waals surface area contributed by atoms with Gasteiger partial charge in [-0.2, -0.15) is 0 Å². The zero-order valence-corrected chi connectivity index (χ0v) is 17.5. The summed E-state index contributed by atoms with van der Waals surface area (Å²) in [5, 5.41) is 7.27. The maximum absolute atomic E-state index is 14.0. The number of hydrogen-bond donors (Lipinski definition) is 0. The summed E-state index contributed by atoms with van der Waals surface area (Å²) in [6, 6.07) is 36.3. The van der Waals surface area contributed by atoms with E-state index in [1.807, 2.05) is 12.1 Å². The molecule has 6 aromatic carbocycles. The molecule has 0 spiro atoms. The molecule has 0 aliphatic carbocycles. The molecule has 0 fully saturated rings. The lowest BCUT2D eigenvalue weighted by Crippen LogP contribution is -2.52. The van der Waals surface area contributed by atoms with Gasteiger partial charge in [-0.25, -0.2) is 4.21 Å². The van der Waals surface area contributed by atoms with Crippen molar-refractivity contribution in [2.75, 3.05) is 0 Å². The molecule has 0 N–H and O–H groups in total. The van der Waals surface area contributed by atoms with Crippen LogP contribution in [0.25, 0.3) is 32.3 Å². The smallest absolute Gasteiger partial charge is 0.243 e. The molecule has 0 radical (unpaired) electrons. The highest BCUT2D eigenvalue weighted by Gasteiger charge is 2.33. The summed E-state index contributed by atoms with van der Waals surface area (Å²) >= 11 is 0. The van der Waals surface area contributed by atoms with Crippen LogP contribution in [0.15, 0.2) is 113 Å². The van der Waals surface area contributed by atoms with Gasteiger partial charge in [-0.1, -0.05) is 107 Å². The van der Waals surface area contributed by atoms with Crippen LogP contribution in [0.5, 0.6) is 0 Å². The van der Waals surface area contributed by atoms with E-state index in [0.29, 0.717) is 0 Å². The molecular formula is C28H17BOS. The third-order valence-electron chi connectivity index (χ3n) is 6.70. The topological polar surface area (TPSA) is 17.1 Å². The second-order valence-corrected chi connectivity index (χ2v) is 9.71. The summed E-state index contributed by atoms with van der Waals surface area (Å²) in [7, 11) is -1.25. The number of benzene rings is 6. The van der Waals surface area contributed by atoms with Crippen molar-refractivity contribution >= 4 is 66.2 Å². The van der Waals surface area contributed by atoms with E-state index in [4.69, 9.17) is 0 Å². The molecule has 31 heavy (non-hydrogen) atoms. The lowest BCUT2D eigenvalue weighted by molar-refractivity contribution is 0.684. The lowest BCUT2D eigenvalue weighted by atomic mass is 9.36. The van der Waals surface area contributed by atoms with Gasteiger partial charge < -0.3 is 0 Å². The molecule has 1 aliphatic rings. The zero-order valence-electron chi connectivity index (χ0n) is 16.7. The monoisotopic (exact) mass is 412 g/mol. The maximum atomic E-state index is 14.0. The molecule has 0 bridgehead atoms. The Morgan fingerprint density at radius 1 is 0.516 bits per heavy atom. The van der Waals surface area contributed by atoms with E-state index >= 15 is 0 Å². The molecule has 6 aromatic rings. The Kier molecular flexibility index (Phi) is 3.50. The van der Waals surface area contributed by atoms with Gasteiger partial charge in [-0.3, -0.25) is 0 Å².